The number of imidazole rings is 1. The van der Waals surface area contributed by atoms with Crippen molar-refractivity contribution >= 4 is 23.0 Å². The van der Waals surface area contributed by atoms with Crippen LogP contribution in [0, 0.1) is 43.4 Å². The van der Waals surface area contributed by atoms with Crippen molar-refractivity contribution in [2.45, 2.75) is 57.7 Å². The van der Waals surface area contributed by atoms with Gasteiger partial charge in [0.15, 0.2) is 0 Å². The van der Waals surface area contributed by atoms with E-state index >= 15 is 0 Å². The Morgan fingerprint density at radius 3 is 2.76 bits per heavy atom. The summed E-state index contributed by atoms with van der Waals surface area (Å²) in [5.74, 6) is 2.34. The summed E-state index contributed by atoms with van der Waals surface area (Å²) in [6.07, 6.45) is 10.9. The number of carbonyl (C=O) groups excluding carboxylic acids is 1. The van der Waals surface area contributed by atoms with Crippen molar-refractivity contribution in [1.82, 2.24) is 14.9 Å². The van der Waals surface area contributed by atoms with Crippen LogP contribution in [0.25, 0.3) is 11.0 Å². The zero-order valence-electron chi connectivity index (χ0n) is 19.6. The van der Waals surface area contributed by atoms with Crippen molar-refractivity contribution in [2.24, 2.45) is 16.8 Å². The quantitative estimate of drug-likeness (QED) is 0.345. The van der Waals surface area contributed by atoms with Gasteiger partial charge in [-0.2, -0.15) is 0 Å². The Morgan fingerprint density at radius 1 is 1.29 bits per heavy atom. The summed E-state index contributed by atoms with van der Waals surface area (Å²) in [5, 5.41) is 11.7. The molecule has 1 aromatic heterocycles. The topological polar surface area (TPSA) is 91.9 Å². The van der Waals surface area contributed by atoms with Crippen LogP contribution in [0.4, 0.5) is 0 Å². The van der Waals surface area contributed by atoms with Crippen molar-refractivity contribution in [3.63, 3.8) is 0 Å². The first-order chi connectivity index (χ1) is 15.9. The summed E-state index contributed by atoms with van der Waals surface area (Å²) < 4.78 is 4.70. The molecule has 4 atom stereocenters. The fourth-order valence-electron chi connectivity index (χ4n) is 5.44. The minimum absolute atomic E-state index is 0. The molecule has 179 valence electrons. The van der Waals surface area contributed by atoms with Gasteiger partial charge in [-0.25, -0.2) is 0 Å². The average molecular weight is 501 g/mol. The van der Waals surface area contributed by atoms with Gasteiger partial charge in [0.1, 0.15) is 6.08 Å². The van der Waals surface area contributed by atoms with Crippen molar-refractivity contribution in [2.75, 3.05) is 7.11 Å². The minimum atomic E-state index is -0.632. The summed E-state index contributed by atoms with van der Waals surface area (Å²) >= 11 is 0. The van der Waals surface area contributed by atoms with Crippen LogP contribution in [0.3, 0.4) is 0 Å². The number of rotatable bonds is 6. The molecular formula is C26H29FeN4O3. The molecule has 3 aliphatic rings. The maximum Gasteiger partial charge on any atom is 2.00 e. The third kappa shape index (κ3) is 4.72. The third-order valence-corrected chi connectivity index (χ3v) is 7.18. The molecule has 2 aliphatic carbocycles. The van der Waals surface area contributed by atoms with Gasteiger partial charge in [-0.15, -0.1) is 0 Å². The third-order valence-electron chi connectivity index (χ3n) is 7.18. The molecule has 0 spiro atoms. The van der Waals surface area contributed by atoms with Gasteiger partial charge in [-0.3, -0.25) is 9.79 Å². The molecule has 2 saturated carbocycles. The number of hydrogen-bond donors (Lipinski definition) is 0. The molecule has 2 bridgehead atoms. The summed E-state index contributed by atoms with van der Waals surface area (Å²) in [7, 11) is 1.31. The molecule has 2 aromatic rings. The number of fused-ring (bicyclic) bond motifs is 3. The van der Waals surface area contributed by atoms with Gasteiger partial charge < -0.3 is 24.7 Å². The molecule has 0 N–H and O–H groups in total. The van der Waals surface area contributed by atoms with Crippen LogP contribution in [0.15, 0.2) is 23.2 Å². The van der Waals surface area contributed by atoms with Gasteiger partial charge in [-0.1, -0.05) is 37.9 Å². The van der Waals surface area contributed by atoms with E-state index in [0.29, 0.717) is 5.92 Å². The predicted molar refractivity (Wildman–Crippen MR) is 123 cm³/mol. The molecule has 1 amide bonds. The van der Waals surface area contributed by atoms with Crippen molar-refractivity contribution < 1.29 is 31.7 Å². The molecule has 2 heterocycles. The van der Waals surface area contributed by atoms with E-state index in [1.165, 1.54) is 7.11 Å². The first-order valence-corrected chi connectivity index (χ1v) is 11.7. The fraction of sp³-hybridized carbons (Fsp3) is 0.462. The van der Waals surface area contributed by atoms with E-state index in [1.807, 2.05) is 37.7 Å². The average Bonchev–Trinajstić information content (AvgIpc) is 3.60. The maximum atomic E-state index is 13.5. The molecule has 1 aliphatic heterocycles. The van der Waals surface area contributed by atoms with Crippen LogP contribution in [-0.2, 0) is 26.6 Å². The second kappa shape index (κ2) is 10.3. The van der Waals surface area contributed by atoms with Crippen molar-refractivity contribution in [3.8, 4) is 0 Å². The number of aliphatic imine (C=N–C) groups is 1. The molecular weight excluding hydrogens is 472 g/mol. The van der Waals surface area contributed by atoms with Crippen LogP contribution < -0.4 is 10.1 Å². The van der Waals surface area contributed by atoms with E-state index in [1.54, 1.807) is 0 Å². The molecule has 3 fully saturated rings. The maximum absolute atomic E-state index is 13.5. The van der Waals surface area contributed by atoms with Crippen LogP contribution in [0.2, 0.25) is 0 Å². The SMILES string of the molecule is COC([O-])=N[C@H](CC(=O)N1C2CCC(C2)[C@H]1c1nc2cc([C]3[CH][CH][CH][CH]3)ccc2[n-]1)C(C)C.[Fe+2]. The summed E-state index contributed by atoms with van der Waals surface area (Å²) in [4.78, 5) is 29.3. The number of methoxy groups -OCH3 is 1. The first kappa shape index (κ1) is 25.1. The van der Waals surface area contributed by atoms with Gasteiger partial charge in [-0.05, 0) is 80.5 Å². The van der Waals surface area contributed by atoms with Gasteiger partial charge >= 0.3 is 17.1 Å². The van der Waals surface area contributed by atoms with E-state index in [2.05, 4.69) is 30.0 Å². The zero-order chi connectivity index (χ0) is 23.1. The number of aromatic nitrogens is 2. The molecule has 1 saturated heterocycles. The summed E-state index contributed by atoms with van der Waals surface area (Å²) in [6, 6.07) is 5.84. The number of hydrogen-bond acceptors (Lipinski definition) is 5. The fourth-order valence-corrected chi connectivity index (χ4v) is 5.44. The Bertz CT molecular complexity index is 1050. The van der Waals surface area contributed by atoms with Gasteiger partial charge in [0.05, 0.1) is 12.1 Å². The van der Waals surface area contributed by atoms with E-state index in [0.717, 1.165) is 47.6 Å². The Morgan fingerprint density at radius 2 is 2.06 bits per heavy atom. The molecule has 7 nitrogen and oxygen atoms in total. The number of likely N-dealkylation sites (tertiary alicyclic amines) is 1. The second-order valence-electron chi connectivity index (χ2n) is 9.55. The van der Waals surface area contributed by atoms with Crippen molar-refractivity contribution in [1.29, 1.82) is 0 Å². The standard InChI is InChI=1S/C26H30N4O3.Fe/c1-15(2)21(29-26(32)33-3)14-23(31)30-19-10-8-18(12-19)24(30)25-27-20-11-9-17(13-22(20)28-25)16-6-4-5-7-16;/h4-7,9,11,13,15,18-19,21,24H,8,10,12,14H2,1-3H3,(H-,27,28,29,32);/q-1;+2/p-1/t18?,19?,21-,24+;/m1./s1. The van der Waals surface area contributed by atoms with E-state index < -0.39 is 12.1 Å². The predicted octanol–water partition coefficient (Wildman–Crippen LogP) is 2.77. The number of piperidine rings is 1. The second-order valence-corrected chi connectivity index (χ2v) is 9.55. The molecule has 2 unspecified atom stereocenters. The van der Waals surface area contributed by atoms with E-state index in [-0.39, 0.29) is 47.4 Å². The minimum Gasteiger partial charge on any atom is -0.604 e. The first-order valence-electron chi connectivity index (χ1n) is 11.7. The molecule has 34 heavy (non-hydrogen) atoms. The Balaban J connectivity index is 0.00000274. The zero-order valence-corrected chi connectivity index (χ0v) is 20.7. The van der Waals surface area contributed by atoms with Gasteiger partial charge in [0.25, 0.3) is 0 Å². The normalized spacial score (nSPS) is 25.8. The van der Waals surface area contributed by atoms with E-state index in [4.69, 9.17) is 14.7 Å². The number of amides is 1. The molecule has 5 radical (unpaired) electrons. The van der Waals surface area contributed by atoms with Gasteiger partial charge in [0.2, 0.25) is 5.91 Å². The molecule has 8 heteroatoms. The number of carbonyl (C=O) groups is 1. The van der Waals surface area contributed by atoms with E-state index in [9.17, 15) is 9.90 Å². The number of nitrogens with zero attached hydrogens (tertiary/aromatic N) is 4. The Hall–Kier alpha value is -2.05. The Labute approximate surface area is 212 Å². The van der Waals surface area contributed by atoms with Crippen LogP contribution in [0.5, 0.6) is 0 Å². The smallest absolute Gasteiger partial charge is 0.604 e. The molecule has 1 aromatic carbocycles. The number of benzene rings is 1. The van der Waals surface area contributed by atoms with Crippen LogP contribution in [-0.4, -0.2) is 41.1 Å². The summed E-state index contributed by atoms with van der Waals surface area (Å²) in [5.41, 5.74) is 2.83. The summed E-state index contributed by atoms with van der Waals surface area (Å²) in [6.45, 7) is 3.94. The van der Waals surface area contributed by atoms with Crippen molar-refractivity contribution in [3.05, 3.63) is 61.2 Å². The monoisotopic (exact) mass is 501 g/mol. The Kier molecular flexibility index (Phi) is 7.58. The van der Waals surface area contributed by atoms with Gasteiger partial charge in [0, 0.05) is 18.4 Å². The largest absolute Gasteiger partial charge is 2.00 e. The molecule has 5 rings (SSSR count). The van der Waals surface area contributed by atoms with Crippen LogP contribution in [0.1, 0.15) is 57.0 Å². The van der Waals surface area contributed by atoms with Crippen LogP contribution >= 0.6 is 0 Å². The number of ether oxygens (including phenoxy) is 1.